The van der Waals surface area contributed by atoms with Crippen LogP contribution in [0.1, 0.15) is 5.56 Å². The number of hydrogen-bond donors (Lipinski definition) is 1. The van der Waals surface area contributed by atoms with Crippen LogP contribution in [-0.4, -0.2) is 36.6 Å². The molecule has 7 nitrogen and oxygen atoms in total. The quantitative estimate of drug-likeness (QED) is 0.425. The van der Waals surface area contributed by atoms with Gasteiger partial charge in [0.1, 0.15) is 5.75 Å². The Morgan fingerprint density at radius 2 is 1.74 bits per heavy atom. The molecule has 4 aromatic rings. The number of carbonyl (C=O) groups is 1. The highest BCUT2D eigenvalue weighted by Crippen LogP contribution is 2.35. The first-order chi connectivity index (χ1) is 15.1. The van der Waals surface area contributed by atoms with Gasteiger partial charge in [0.15, 0.2) is 16.5 Å². The Hall–Kier alpha value is -3.78. The van der Waals surface area contributed by atoms with E-state index in [2.05, 4.69) is 10.3 Å². The van der Waals surface area contributed by atoms with Gasteiger partial charge in [0.05, 0.1) is 27.0 Å². The van der Waals surface area contributed by atoms with E-state index in [0.29, 0.717) is 28.5 Å². The van der Waals surface area contributed by atoms with Crippen LogP contribution in [0.25, 0.3) is 22.3 Å². The lowest BCUT2D eigenvalue weighted by molar-refractivity contribution is -0.111. The summed E-state index contributed by atoms with van der Waals surface area (Å²) in [7, 11) is 4.67. The zero-order chi connectivity index (χ0) is 21.8. The number of methoxy groups -OCH3 is 3. The predicted octanol–water partition coefficient (Wildman–Crippen LogP) is 4.74. The molecule has 0 saturated heterocycles. The van der Waals surface area contributed by atoms with Gasteiger partial charge in [0.25, 0.3) is 0 Å². The first kappa shape index (κ1) is 20.5. The van der Waals surface area contributed by atoms with Gasteiger partial charge < -0.3 is 19.5 Å². The van der Waals surface area contributed by atoms with Gasteiger partial charge in [-0.1, -0.05) is 12.1 Å². The monoisotopic (exact) mass is 435 g/mol. The van der Waals surface area contributed by atoms with E-state index in [4.69, 9.17) is 14.2 Å². The average Bonchev–Trinajstić information content (AvgIpc) is 3.40. The molecule has 2 heterocycles. The van der Waals surface area contributed by atoms with Gasteiger partial charge in [-0.3, -0.25) is 9.20 Å². The topological polar surface area (TPSA) is 74.1 Å². The third kappa shape index (κ3) is 4.39. The fourth-order valence-corrected chi connectivity index (χ4v) is 3.82. The Balaban J connectivity index is 1.46. The minimum atomic E-state index is -0.257. The number of nitrogens with zero attached hydrogens (tertiary/aromatic N) is 2. The molecule has 4 rings (SSSR count). The zero-order valence-corrected chi connectivity index (χ0v) is 18.1. The molecule has 0 aliphatic rings. The summed E-state index contributed by atoms with van der Waals surface area (Å²) in [5.74, 6) is 1.43. The number of thiazole rings is 1. The van der Waals surface area contributed by atoms with Crippen LogP contribution in [0, 0.1) is 0 Å². The molecule has 0 radical (unpaired) electrons. The Kier molecular flexibility index (Phi) is 5.90. The standard InChI is InChI=1S/C23H21N3O4S/c1-28-19-13-21(30-3)20(29-2)12-16(19)6-9-22(27)24-17-7-4-15(5-8-17)18-14-26-10-11-31-23(26)25-18/h4-14H,1-3H3,(H,24,27)/b9-6+. The fourth-order valence-electron chi connectivity index (χ4n) is 3.12. The molecule has 0 bridgehead atoms. The van der Waals surface area contributed by atoms with Crippen LogP contribution in [-0.2, 0) is 4.79 Å². The molecule has 0 saturated carbocycles. The van der Waals surface area contributed by atoms with Crippen molar-refractivity contribution in [3.8, 4) is 28.5 Å². The van der Waals surface area contributed by atoms with Gasteiger partial charge in [-0.15, -0.1) is 11.3 Å². The van der Waals surface area contributed by atoms with Crippen molar-refractivity contribution in [1.82, 2.24) is 9.38 Å². The number of benzene rings is 2. The van der Waals surface area contributed by atoms with Crippen LogP contribution in [0.4, 0.5) is 5.69 Å². The van der Waals surface area contributed by atoms with Crippen LogP contribution in [0.2, 0.25) is 0 Å². The SMILES string of the molecule is COc1cc(OC)c(OC)cc1/C=C/C(=O)Nc1ccc(-c2cn3ccsc3n2)cc1. The van der Waals surface area contributed by atoms with Crippen molar-refractivity contribution < 1.29 is 19.0 Å². The van der Waals surface area contributed by atoms with Crippen molar-refractivity contribution in [1.29, 1.82) is 0 Å². The number of aromatic nitrogens is 2. The number of amides is 1. The molecule has 0 aliphatic carbocycles. The average molecular weight is 436 g/mol. The molecule has 0 fully saturated rings. The van der Waals surface area contributed by atoms with Crippen LogP contribution in [0.15, 0.2) is 60.2 Å². The van der Waals surface area contributed by atoms with Crippen molar-refractivity contribution in [2.45, 2.75) is 0 Å². The molecule has 1 amide bonds. The second kappa shape index (κ2) is 8.93. The van der Waals surface area contributed by atoms with E-state index >= 15 is 0 Å². The molecular weight excluding hydrogens is 414 g/mol. The molecular formula is C23H21N3O4S. The molecule has 2 aromatic heterocycles. The third-order valence-corrected chi connectivity index (χ3v) is 5.46. The highest BCUT2D eigenvalue weighted by Gasteiger charge is 2.10. The predicted molar refractivity (Wildman–Crippen MR) is 122 cm³/mol. The molecule has 0 aliphatic heterocycles. The Bertz CT molecular complexity index is 1210. The van der Waals surface area contributed by atoms with Crippen molar-refractivity contribution in [3.63, 3.8) is 0 Å². The number of hydrogen-bond acceptors (Lipinski definition) is 6. The highest BCUT2D eigenvalue weighted by molar-refractivity contribution is 7.15. The number of imidazole rings is 1. The number of nitrogens with one attached hydrogen (secondary N) is 1. The van der Waals surface area contributed by atoms with Crippen LogP contribution >= 0.6 is 11.3 Å². The summed E-state index contributed by atoms with van der Waals surface area (Å²) in [4.78, 5) is 17.9. The van der Waals surface area contributed by atoms with E-state index in [1.807, 2.05) is 46.4 Å². The third-order valence-electron chi connectivity index (χ3n) is 4.69. The Labute approximate surface area is 183 Å². The summed E-state index contributed by atoms with van der Waals surface area (Å²) in [6.07, 6.45) is 7.08. The van der Waals surface area contributed by atoms with Gasteiger partial charge >= 0.3 is 0 Å². The summed E-state index contributed by atoms with van der Waals surface area (Å²) in [5.41, 5.74) is 3.27. The minimum Gasteiger partial charge on any atom is -0.496 e. The van der Waals surface area contributed by atoms with E-state index in [1.54, 1.807) is 50.9 Å². The van der Waals surface area contributed by atoms with Gasteiger partial charge in [0, 0.05) is 46.7 Å². The summed E-state index contributed by atoms with van der Waals surface area (Å²) < 4.78 is 18.0. The number of ether oxygens (including phenoxy) is 3. The van der Waals surface area contributed by atoms with E-state index in [1.165, 1.54) is 6.08 Å². The summed E-state index contributed by atoms with van der Waals surface area (Å²) >= 11 is 1.59. The number of carbonyl (C=O) groups excluding carboxylic acids is 1. The van der Waals surface area contributed by atoms with Gasteiger partial charge in [0.2, 0.25) is 5.91 Å². The molecule has 1 N–H and O–H groups in total. The van der Waals surface area contributed by atoms with E-state index in [9.17, 15) is 4.79 Å². The first-order valence-corrected chi connectivity index (χ1v) is 10.3. The lowest BCUT2D eigenvalue weighted by Crippen LogP contribution is -2.07. The Morgan fingerprint density at radius 3 is 2.42 bits per heavy atom. The van der Waals surface area contributed by atoms with Crippen LogP contribution in [0.3, 0.4) is 0 Å². The smallest absolute Gasteiger partial charge is 0.248 e. The maximum absolute atomic E-state index is 12.4. The molecule has 0 unspecified atom stereocenters. The largest absolute Gasteiger partial charge is 0.496 e. The second-order valence-electron chi connectivity index (χ2n) is 6.57. The summed E-state index contributed by atoms with van der Waals surface area (Å²) in [6, 6.07) is 11.0. The number of rotatable bonds is 7. The second-order valence-corrected chi connectivity index (χ2v) is 7.44. The Morgan fingerprint density at radius 1 is 1.03 bits per heavy atom. The number of anilines is 1. The zero-order valence-electron chi connectivity index (χ0n) is 17.3. The lowest BCUT2D eigenvalue weighted by Gasteiger charge is -2.12. The molecule has 31 heavy (non-hydrogen) atoms. The van der Waals surface area contributed by atoms with Crippen molar-refractivity contribution >= 4 is 34.0 Å². The molecule has 2 aromatic carbocycles. The fraction of sp³-hybridized carbons (Fsp3) is 0.130. The molecule has 8 heteroatoms. The van der Waals surface area contributed by atoms with Crippen molar-refractivity contribution in [2.75, 3.05) is 26.6 Å². The van der Waals surface area contributed by atoms with Crippen molar-refractivity contribution in [3.05, 3.63) is 65.8 Å². The maximum atomic E-state index is 12.4. The molecule has 158 valence electrons. The van der Waals surface area contributed by atoms with Gasteiger partial charge in [-0.2, -0.15) is 0 Å². The van der Waals surface area contributed by atoms with E-state index in [-0.39, 0.29) is 5.91 Å². The highest BCUT2D eigenvalue weighted by atomic mass is 32.1. The molecule has 0 atom stereocenters. The van der Waals surface area contributed by atoms with Gasteiger partial charge in [-0.05, 0) is 24.3 Å². The summed E-state index contributed by atoms with van der Waals surface area (Å²) in [5, 5.41) is 4.85. The number of fused-ring (bicyclic) bond motifs is 1. The summed E-state index contributed by atoms with van der Waals surface area (Å²) in [6.45, 7) is 0. The minimum absolute atomic E-state index is 0.257. The van der Waals surface area contributed by atoms with Crippen molar-refractivity contribution in [2.24, 2.45) is 0 Å². The lowest BCUT2D eigenvalue weighted by atomic mass is 10.1. The molecule has 0 spiro atoms. The van der Waals surface area contributed by atoms with Crippen LogP contribution < -0.4 is 19.5 Å². The van der Waals surface area contributed by atoms with E-state index < -0.39 is 0 Å². The van der Waals surface area contributed by atoms with Gasteiger partial charge in [-0.25, -0.2) is 4.98 Å². The van der Waals surface area contributed by atoms with Crippen LogP contribution in [0.5, 0.6) is 17.2 Å². The normalized spacial score (nSPS) is 11.1. The van der Waals surface area contributed by atoms with E-state index in [0.717, 1.165) is 16.2 Å². The first-order valence-electron chi connectivity index (χ1n) is 9.43. The maximum Gasteiger partial charge on any atom is 0.248 e.